The first-order valence-electron chi connectivity index (χ1n) is 8.42. The molecule has 0 radical (unpaired) electrons. The van der Waals surface area contributed by atoms with Gasteiger partial charge in [0.25, 0.3) is 0 Å². The second-order valence-electron chi connectivity index (χ2n) is 7.79. The number of rotatable bonds is 3. The van der Waals surface area contributed by atoms with Gasteiger partial charge in [0.1, 0.15) is 0 Å². The van der Waals surface area contributed by atoms with Crippen molar-refractivity contribution < 1.29 is 4.79 Å². The number of hydrogen-bond acceptors (Lipinski definition) is 2. The van der Waals surface area contributed by atoms with Gasteiger partial charge in [-0.25, -0.2) is 0 Å². The quantitative estimate of drug-likeness (QED) is 0.880. The molecule has 3 heteroatoms. The third-order valence-electron chi connectivity index (χ3n) is 4.19. The Kier molecular flexibility index (Phi) is 5.15. The Hall–Kier alpha value is -1.51. The third kappa shape index (κ3) is 4.49. The lowest BCUT2D eigenvalue weighted by Gasteiger charge is -2.30. The van der Waals surface area contributed by atoms with Crippen LogP contribution in [0.25, 0.3) is 0 Å². The van der Waals surface area contributed by atoms with Crippen molar-refractivity contribution in [2.24, 2.45) is 5.41 Å². The molecule has 0 spiro atoms. The number of carbonyl (C=O) groups excluding carboxylic acids is 1. The van der Waals surface area contributed by atoms with E-state index in [1.165, 1.54) is 24.9 Å². The minimum Gasteiger partial charge on any atom is -0.372 e. The zero-order valence-corrected chi connectivity index (χ0v) is 14.8. The van der Waals surface area contributed by atoms with Gasteiger partial charge < -0.3 is 10.2 Å². The van der Waals surface area contributed by atoms with Crippen molar-refractivity contribution in [2.75, 3.05) is 23.3 Å². The lowest BCUT2D eigenvalue weighted by Crippen LogP contribution is -2.29. The van der Waals surface area contributed by atoms with Gasteiger partial charge in [-0.1, -0.05) is 20.8 Å². The first kappa shape index (κ1) is 16.9. The van der Waals surface area contributed by atoms with Crippen LogP contribution in [0.1, 0.15) is 57.6 Å². The van der Waals surface area contributed by atoms with Crippen LogP contribution in [0.3, 0.4) is 0 Å². The first-order valence-corrected chi connectivity index (χ1v) is 8.42. The van der Waals surface area contributed by atoms with E-state index in [-0.39, 0.29) is 11.3 Å². The van der Waals surface area contributed by atoms with Crippen LogP contribution in [0.2, 0.25) is 0 Å². The Morgan fingerprint density at radius 1 is 1.09 bits per heavy atom. The standard InChI is InChI=1S/C19H30N2O/c1-14-11-16(21-9-7-6-8-10-21)12-15(2)18(14)20-17(22)13-19(3,4)5/h11-12H,6-10,13H2,1-5H3,(H,20,22). The molecule has 22 heavy (non-hydrogen) atoms. The molecule has 0 saturated carbocycles. The van der Waals surface area contributed by atoms with Crippen LogP contribution < -0.4 is 10.2 Å². The van der Waals surface area contributed by atoms with Crippen LogP contribution >= 0.6 is 0 Å². The highest BCUT2D eigenvalue weighted by molar-refractivity contribution is 5.93. The molecular weight excluding hydrogens is 272 g/mol. The van der Waals surface area contributed by atoms with Gasteiger partial charge in [-0.05, 0) is 61.8 Å². The lowest BCUT2D eigenvalue weighted by molar-refractivity contribution is -0.117. The fourth-order valence-corrected chi connectivity index (χ4v) is 3.14. The maximum atomic E-state index is 12.2. The highest BCUT2D eigenvalue weighted by atomic mass is 16.1. The number of carbonyl (C=O) groups is 1. The van der Waals surface area contributed by atoms with Crippen LogP contribution in [-0.2, 0) is 4.79 Å². The average molecular weight is 302 g/mol. The van der Waals surface area contributed by atoms with E-state index in [0.717, 1.165) is 29.9 Å². The van der Waals surface area contributed by atoms with E-state index in [0.29, 0.717) is 6.42 Å². The lowest BCUT2D eigenvalue weighted by atomic mass is 9.92. The average Bonchev–Trinajstić information content (AvgIpc) is 2.41. The van der Waals surface area contributed by atoms with Gasteiger partial charge in [-0.2, -0.15) is 0 Å². The number of nitrogens with zero attached hydrogens (tertiary/aromatic N) is 1. The molecule has 0 atom stereocenters. The van der Waals surface area contributed by atoms with Crippen LogP contribution in [0, 0.1) is 19.3 Å². The van der Waals surface area contributed by atoms with Crippen LogP contribution in [0.5, 0.6) is 0 Å². The summed E-state index contributed by atoms with van der Waals surface area (Å²) in [5, 5.41) is 3.11. The number of anilines is 2. The summed E-state index contributed by atoms with van der Waals surface area (Å²) in [6, 6.07) is 4.43. The molecule has 1 aromatic carbocycles. The summed E-state index contributed by atoms with van der Waals surface area (Å²) >= 11 is 0. The normalized spacial score (nSPS) is 15.8. The summed E-state index contributed by atoms with van der Waals surface area (Å²) in [6.07, 6.45) is 4.44. The predicted octanol–water partition coefficient (Wildman–Crippen LogP) is 4.67. The molecule has 1 aliphatic heterocycles. The molecule has 0 aliphatic carbocycles. The Balaban J connectivity index is 2.14. The van der Waals surface area contributed by atoms with E-state index in [4.69, 9.17) is 0 Å². The largest absolute Gasteiger partial charge is 0.372 e. The van der Waals surface area contributed by atoms with Crippen molar-refractivity contribution in [3.63, 3.8) is 0 Å². The summed E-state index contributed by atoms with van der Waals surface area (Å²) < 4.78 is 0. The van der Waals surface area contributed by atoms with Crippen molar-refractivity contribution in [3.05, 3.63) is 23.3 Å². The van der Waals surface area contributed by atoms with Gasteiger partial charge in [0, 0.05) is 30.9 Å². The number of nitrogens with one attached hydrogen (secondary N) is 1. The molecule has 0 unspecified atom stereocenters. The molecule has 3 nitrogen and oxygen atoms in total. The molecule has 122 valence electrons. The van der Waals surface area contributed by atoms with Crippen molar-refractivity contribution in [3.8, 4) is 0 Å². The predicted molar refractivity (Wildman–Crippen MR) is 94.7 cm³/mol. The molecule has 1 fully saturated rings. The molecule has 1 saturated heterocycles. The fourth-order valence-electron chi connectivity index (χ4n) is 3.14. The number of benzene rings is 1. The molecule has 1 aliphatic rings. The second kappa shape index (κ2) is 6.72. The molecule has 1 amide bonds. The number of aryl methyl sites for hydroxylation is 2. The van der Waals surface area contributed by atoms with E-state index >= 15 is 0 Å². The molecule has 1 aromatic rings. The van der Waals surface area contributed by atoms with E-state index in [9.17, 15) is 4.79 Å². The molecule has 1 N–H and O–H groups in total. The van der Waals surface area contributed by atoms with Crippen LogP contribution in [0.15, 0.2) is 12.1 Å². The fraction of sp³-hybridized carbons (Fsp3) is 0.632. The van der Waals surface area contributed by atoms with Crippen LogP contribution in [-0.4, -0.2) is 19.0 Å². The minimum atomic E-state index is 0.0135. The number of hydrogen-bond donors (Lipinski definition) is 1. The van der Waals surface area contributed by atoms with Gasteiger partial charge in [0.15, 0.2) is 0 Å². The molecule has 1 heterocycles. The third-order valence-corrected chi connectivity index (χ3v) is 4.19. The summed E-state index contributed by atoms with van der Waals surface area (Å²) in [4.78, 5) is 14.7. The molecular formula is C19H30N2O. The molecule has 0 bridgehead atoms. The topological polar surface area (TPSA) is 32.3 Å². The van der Waals surface area contributed by atoms with Gasteiger partial charge in [0.2, 0.25) is 5.91 Å². The highest BCUT2D eigenvalue weighted by Gasteiger charge is 2.18. The zero-order chi connectivity index (χ0) is 16.3. The number of piperidine rings is 1. The van der Waals surface area contributed by atoms with Crippen molar-refractivity contribution >= 4 is 17.3 Å². The molecule has 0 aromatic heterocycles. The Morgan fingerprint density at radius 2 is 1.64 bits per heavy atom. The van der Waals surface area contributed by atoms with Crippen LogP contribution in [0.4, 0.5) is 11.4 Å². The Morgan fingerprint density at radius 3 is 2.14 bits per heavy atom. The van der Waals surface area contributed by atoms with E-state index in [1.54, 1.807) is 0 Å². The second-order valence-corrected chi connectivity index (χ2v) is 7.79. The molecule has 2 rings (SSSR count). The van der Waals surface area contributed by atoms with E-state index in [2.05, 4.69) is 57.0 Å². The maximum absolute atomic E-state index is 12.2. The van der Waals surface area contributed by atoms with Crippen molar-refractivity contribution in [1.29, 1.82) is 0 Å². The van der Waals surface area contributed by atoms with E-state index in [1.807, 2.05) is 0 Å². The Labute approximate surface area is 135 Å². The zero-order valence-electron chi connectivity index (χ0n) is 14.8. The van der Waals surface area contributed by atoms with Gasteiger partial charge >= 0.3 is 0 Å². The van der Waals surface area contributed by atoms with Crippen molar-refractivity contribution in [1.82, 2.24) is 0 Å². The van der Waals surface area contributed by atoms with Gasteiger partial charge in [-0.3, -0.25) is 4.79 Å². The summed E-state index contributed by atoms with van der Waals surface area (Å²) in [7, 11) is 0. The number of amides is 1. The maximum Gasteiger partial charge on any atom is 0.224 e. The van der Waals surface area contributed by atoms with E-state index < -0.39 is 0 Å². The summed E-state index contributed by atoms with van der Waals surface area (Å²) in [5.41, 5.74) is 4.60. The highest BCUT2D eigenvalue weighted by Crippen LogP contribution is 2.29. The Bertz CT molecular complexity index is 514. The SMILES string of the molecule is Cc1cc(N2CCCCC2)cc(C)c1NC(=O)CC(C)(C)C. The van der Waals surface area contributed by atoms with Crippen molar-refractivity contribution in [2.45, 2.75) is 60.3 Å². The first-order chi connectivity index (χ1) is 10.3. The minimum absolute atomic E-state index is 0.0135. The van der Waals surface area contributed by atoms with Gasteiger partial charge in [-0.15, -0.1) is 0 Å². The smallest absolute Gasteiger partial charge is 0.224 e. The summed E-state index contributed by atoms with van der Waals surface area (Å²) in [5.74, 6) is 0.101. The van der Waals surface area contributed by atoms with Gasteiger partial charge in [0.05, 0.1) is 0 Å². The summed E-state index contributed by atoms with van der Waals surface area (Å²) in [6.45, 7) is 12.7. The monoisotopic (exact) mass is 302 g/mol.